The van der Waals surface area contributed by atoms with Crippen LogP contribution in [0, 0.1) is 0 Å². The summed E-state index contributed by atoms with van der Waals surface area (Å²) in [6, 6.07) is 2.29. The van der Waals surface area contributed by atoms with E-state index in [0.717, 1.165) is 5.56 Å². The zero-order valence-corrected chi connectivity index (χ0v) is 10.9. The standard InChI is InChI=1S/C13H16N4S/c14-17-13(10-6-15-8-16-7-10)12-5-9-3-1-2-4-11(9)18-12/h5-8,13,17H,1-4,14H2. The molecule has 0 fully saturated rings. The van der Waals surface area contributed by atoms with Crippen molar-refractivity contribution in [3.8, 4) is 0 Å². The molecule has 0 spiro atoms. The van der Waals surface area contributed by atoms with E-state index in [-0.39, 0.29) is 6.04 Å². The third-order valence-electron chi connectivity index (χ3n) is 3.38. The Hall–Kier alpha value is -1.30. The molecule has 1 atom stereocenters. The lowest BCUT2D eigenvalue weighted by molar-refractivity contribution is 0.640. The maximum Gasteiger partial charge on any atom is 0.115 e. The summed E-state index contributed by atoms with van der Waals surface area (Å²) in [5.41, 5.74) is 5.39. The first-order valence-electron chi connectivity index (χ1n) is 6.21. The van der Waals surface area contributed by atoms with Gasteiger partial charge in [0.2, 0.25) is 0 Å². The molecule has 3 rings (SSSR count). The molecule has 2 aromatic heterocycles. The van der Waals surface area contributed by atoms with Crippen LogP contribution >= 0.6 is 11.3 Å². The second-order valence-corrected chi connectivity index (χ2v) is 5.74. The maximum absolute atomic E-state index is 5.70. The van der Waals surface area contributed by atoms with Crippen LogP contribution in [0.15, 0.2) is 24.8 Å². The van der Waals surface area contributed by atoms with Crippen molar-refractivity contribution in [3.05, 3.63) is 45.7 Å². The van der Waals surface area contributed by atoms with Crippen molar-refractivity contribution in [1.82, 2.24) is 15.4 Å². The van der Waals surface area contributed by atoms with E-state index in [1.165, 1.54) is 47.3 Å². The molecule has 18 heavy (non-hydrogen) atoms. The van der Waals surface area contributed by atoms with E-state index in [1.807, 2.05) is 23.7 Å². The van der Waals surface area contributed by atoms with Gasteiger partial charge in [0.1, 0.15) is 6.33 Å². The van der Waals surface area contributed by atoms with Gasteiger partial charge in [0.15, 0.2) is 0 Å². The molecule has 2 aromatic rings. The van der Waals surface area contributed by atoms with E-state index >= 15 is 0 Å². The second kappa shape index (κ2) is 5.14. The van der Waals surface area contributed by atoms with Crippen molar-refractivity contribution in [3.63, 3.8) is 0 Å². The van der Waals surface area contributed by atoms with Gasteiger partial charge in [-0.05, 0) is 37.3 Å². The SMILES string of the molecule is NNC(c1cncnc1)c1cc2c(s1)CCCC2. The minimum absolute atomic E-state index is 0.00167. The topological polar surface area (TPSA) is 63.8 Å². The first-order chi connectivity index (χ1) is 8.88. The summed E-state index contributed by atoms with van der Waals surface area (Å²) in [7, 11) is 0. The van der Waals surface area contributed by atoms with Gasteiger partial charge in [-0.25, -0.2) is 15.4 Å². The highest BCUT2D eigenvalue weighted by molar-refractivity contribution is 7.12. The lowest BCUT2D eigenvalue weighted by Crippen LogP contribution is -2.28. The number of aryl methyl sites for hydroxylation is 2. The fourth-order valence-corrected chi connectivity index (χ4v) is 3.80. The lowest BCUT2D eigenvalue weighted by Gasteiger charge is -2.13. The molecule has 1 unspecified atom stereocenters. The molecule has 1 aliphatic carbocycles. The first-order valence-corrected chi connectivity index (χ1v) is 7.02. The smallest absolute Gasteiger partial charge is 0.115 e. The van der Waals surface area contributed by atoms with Crippen LogP contribution in [-0.4, -0.2) is 9.97 Å². The Morgan fingerprint density at radius 3 is 2.72 bits per heavy atom. The summed E-state index contributed by atoms with van der Waals surface area (Å²) < 4.78 is 0. The van der Waals surface area contributed by atoms with Crippen LogP contribution in [0.4, 0.5) is 0 Å². The van der Waals surface area contributed by atoms with Crippen LogP contribution in [0.1, 0.15) is 39.8 Å². The van der Waals surface area contributed by atoms with Crippen molar-refractivity contribution in [1.29, 1.82) is 0 Å². The van der Waals surface area contributed by atoms with Gasteiger partial charge in [0.25, 0.3) is 0 Å². The summed E-state index contributed by atoms with van der Waals surface area (Å²) in [6.07, 6.45) is 10.2. The number of nitrogens with one attached hydrogen (secondary N) is 1. The third-order valence-corrected chi connectivity index (χ3v) is 4.68. The summed E-state index contributed by atoms with van der Waals surface area (Å²) in [4.78, 5) is 10.9. The van der Waals surface area contributed by atoms with Crippen molar-refractivity contribution in [2.75, 3.05) is 0 Å². The van der Waals surface area contributed by atoms with Crippen molar-refractivity contribution in [2.24, 2.45) is 5.84 Å². The molecule has 0 saturated heterocycles. The zero-order chi connectivity index (χ0) is 12.4. The van der Waals surface area contributed by atoms with Gasteiger partial charge in [-0.3, -0.25) is 5.84 Å². The molecule has 0 aromatic carbocycles. The molecule has 2 heterocycles. The number of fused-ring (bicyclic) bond motifs is 1. The van der Waals surface area contributed by atoms with Crippen LogP contribution in [0.5, 0.6) is 0 Å². The van der Waals surface area contributed by atoms with Crippen LogP contribution in [-0.2, 0) is 12.8 Å². The quantitative estimate of drug-likeness (QED) is 0.654. The first kappa shape index (κ1) is 11.8. The van der Waals surface area contributed by atoms with Crippen LogP contribution < -0.4 is 11.3 Å². The fraction of sp³-hybridized carbons (Fsp3) is 0.385. The number of hydrogen-bond acceptors (Lipinski definition) is 5. The molecule has 5 heteroatoms. The van der Waals surface area contributed by atoms with Crippen LogP contribution in [0.25, 0.3) is 0 Å². The van der Waals surface area contributed by atoms with E-state index in [9.17, 15) is 0 Å². The summed E-state index contributed by atoms with van der Waals surface area (Å²) in [5.74, 6) is 5.70. The molecule has 0 bridgehead atoms. The number of hydrogen-bond donors (Lipinski definition) is 2. The average Bonchev–Trinajstić information content (AvgIpc) is 2.84. The van der Waals surface area contributed by atoms with Gasteiger partial charge >= 0.3 is 0 Å². The van der Waals surface area contributed by atoms with E-state index in [4.69, 9.17) is 5.84 Å². The Morgan fingerprint density at radius 2 is 2.00 bits per heavy atom. The van der Waals surface area contributed by atoms with Crippen LogP contribution in [0.3, 0.4) is 0 Å². The predicted octanol–water partition coefficient (Wildman–Crippen LogP) is 1.97. The van der Waals surface area contributed by atoms with Crippen molar-refractivity contribution >= 4 is 11.3 Å². The number of hydrazine groups is 1. The van der Waals surface area contributed by atoms with E-state index in [0.29, 0.717) is 0 Å². The zero-order valence-electron chi connectivity index (χ0n) is 10.1. The number of aromatic nitrogens is 2. The van der Waals surface area contributed by atoms with E-state index in [2.05, 4.69) is 21.5 Å². The Morgan fingerprint density at radius 1 is 1.22 bits per heavy atom. The minimum Gasteiger partial charge on any atom is -0.271 e. The molecule has 0 aliphatic heterocycles. The summed E-state index contributed by atoms with van der Waals surface area (Å²) >= 11 is 1.86. The third kappa shape index (κ3) is 2.16. The van der Waals surface area contributed by atoms with Gasteiger partial charge in [-0.1, -0.05) is 0 Å². The Kier molecular flexibility index (Phi) is 3.36. The highest BCUT2D eigenvalue weighted by Crippen LogP contribution is 2.34. The minimum atomic E-state index is 0.00167. The monoisotopic (exact) mass is 260 g/mol. The van der Waals surface area contributed by atoms with Crippen molar-refractivity contribution < 1.29 is 0 Å². The molecule has 0 radical (unpaired) electrons. The average molecular weight is 260 g/mol. The maximum atomic E-state index is 5.70. The molecular formula is C13H16N4S. The summed E-state index contributed by atoms with van der Waals surface area (Å²) in [5, 5.41) is 0. The van der Waals surface area contributed by atoms with Gasteiger partial charge in [0.05, 0.1) is 6.04 Å². The van der Waals surface area contributed by atoms with Gasteiger partial charge < -0.3 is 0 Å². The highest BCUT2D eigenvalue weighted by Gasteiger charge is 2.20. The van der Waals surface area contributed by atoms with Gasteiger partial charge in [-0.15, -0.1) is 11.3 Å². The molecule has 4 nitrogen and oxygen atoms in total. The second-order valence-electron chi connectivity index (χ2n) is 4.58. The number of thiophene rings is 1. The molecule has 0 amide bonds. The lowest BCUT2D eigenvalue weighted by atomic mass is 9.98. The fourth-order valence-electron chi connectivity index (χ4n) is 2.46. The van der Waals surface area contributed by atoms with Crippen LogP contribution in [0.2, 0.25) is 0 Å². The molecule has 1 aliphatic rings. The Balaban J connectivity index is 1.94. The number of rotatable bonds is 3. The molecular weight excluding hydrogens is 244 g/mol. The predicted molar refractivity (Wildman–Crippen MR) is 72.2 cm³/mol. The highest BCUT2D eigenvalue weighted by atomic mass is 32.1. The Labute approximate surface area is 110 Å². The summed E-state index contributed by atoms with van der Waals surface area (Å²) in [6.45, 7) is 0. The molecule has 94 valence electrons. The normalized spacial score (nSPS) is 16.3. The van der Waals surface area contributed by atoms with E-state index in [1.54, 1.807) is 0 Å². The number of nitrogens with two attached hydrogens (primary N) is 1. The molecule has 0 saturated carbocycles. The van der Waals surface area contributed by atoms with E-state index < -0.39 is 0 Å². The van der Waals surface area contributed by atoms with Crippen molar-refractivity contribution in [2.45, 2.75) is 31.7 Å². The largest absolute Gasteiger partial charge is 0.271 e. The van der Waals surface area contributed by atoms with Gasteiger partial charge in [-0.2, -0.15) is 0 Å². The molecule has 3 N–H and O–H groups in total. The number of nitrogens with zero attached hydrogens (tertiary/aromatic N) is 2. The Bertz CT molecular complexity index is 500. The van der Waals surface area contributed by atoms with Gasteiger partial charge in [0, 0.05) is 27.7 Å².